The minimum Gasteiger partial charge on any atom is -0.479 e. The minimum absolute atomic E-state index is 0.0309. The molecule has 2 heterocycles. The fourth-order valence-electron chi connectivity index (χ4n) is 2.72. The second-order valence-electron chi connectivity index (χ2n) is 6.19. The SMILES string of the molecule is CCn1c(SCC(=O)Nc2ccc(OC(F)(F)F)cc2)nnc1-c1cn(C)nc1OC. The van der Waals surface area contributed by atoms with Gasteiger partial charge in [-0.05, 0) is 31.2 Å². The number of benzene rings is 1. The van der Waals surface area contributed by atoms with Crippen LogP contribution in [0, 0.1) is 0 Å². The van der Waals surface area contributed by atoms with Crippen molar-refractivity contribution >= 4 is 23.4 Å². The Hall–Kier alpha value is -3.22. The lowest BCUT2D eigenvalue weighted by atomic mass is 10.3. The first kappa shape index (κ1) is 22.5. The van der Waals surface area contributed by atoms with E-state index in [4.69, 9.17) is 4.74 Å². The number of methoxy groups -OCH3 is 1. The molecule has 13 heteroatoms. The lowest BCUT2D eigenvalue weighted by molar-refractivity contribution is -0.274. The van der Waals surface area contributed by atoms with Crippen LogP contribution in [0.25, 0.3) is 11.4 Å². The number of rotatable bonds is 8. The Kier molecular flexibility index (Phi) is 6.73. The van der Waals surface area contributed by atoms with E-state index in [9.17, 15) is 18.0 Å². The lowest BCUT2D eigenvalue weighted by Gasteiger charge is -2.10. The van der Waals surface area contributed by atoms with E-state index in [-0.39, 0.29) is 17.4 Å². The number of halogens is 3. The van der Waals surface area contributed by atoms with Gasteiger partial charge in [0.1, 0.15) is 11.3 Å². The number of carbonyl (C=O) groups excluding carboxylic acids is 1. The van der Waals surface area contributed by atoms with E-state index in [0.717, 1.165) is 12.1 Å². The molecule has 9 nitrogen and oxygen atoms in total. The molecule has 3 aromatic rings. The molecule has 0 atom stereocenters. The van der Waals surface area contributed by atoms with Crippen molar-refractivity contribution in [1.82, 2.24) is 24.5 Å². The van der Waals surface area contributed by atoms with Crippen LogP contribution >= 0.6 is 11.8 Å². The highest BCUT2D eigenvalue weighted by molar-refractivity contribution is 7.99. The van der Waals surface area contributed by atoms with Gasteiger partial charge in [0, 0.05) is 25.5 Å². The van der Waals surface area contributed by atoms with E-state index < -0.39 is 6.36 Å². The minimum atomic E-state index is -4.77. The molecule has 31 heavy (non-hydrogen) atoms. The molecular weight excluding hydrogens is 437 g/mol. The van der Waals surface area contributed by atoms with E-state index in [0.29, 0.717) is 34.7 Å². The molecule has 1 aromatic carbocycles. The average Bonchev–Trinajstić information content (AvgIpc) is 3.28. The molecule has 0 fully saturated rings. The number of thioether (sulfide) groups is 1. The van der Waals surface area contributed by atoms with Gasteiger partial charge in [-0.1, -0.05) is 11.8 Å². The van der Waals surface area contributed by atoms with Gasteiger partial charge in [0.15, 0.2) is 11.0 Å². The number of nitrogens with zero attached hydrogens (tertiary/aromatic N) is 5. The first-order valence-corrected chi connectivity index (χ1v) is 9.98. The number of hydrogen-bond acceptors (Lipinski definition) is 7. The smallest absolute Gasteiger partial charge is 0.479 e. The zero-order valence-corrected chi connectivity index (χ0v) is 17.6. The molecule has 0 aliphatic rings. The Morgan fingerprint density at radius 2 is 1.94 bits per heavy atom. The molecule has 0 spiro atoms. The zero-order valence-electron chi connectivity index (χ0n) is 16.8. The van der Waals surface area contributed by atoms with Gasteiger partial charge in [-0.25, -0.2) is 0 Å². The van der Waals surface area contributed by atoms with Crippen LogP contribution in [-0.4, -0.2) is 49.7 Å². The molecule has 3 rings (SSSR count). The third kappa shape index (κ3) is 5.69. The van der Waals surface area contributed by atoms with Crippen molar-refractivity contribution in [3.05, 3.63) is 30.5 Å². The monoisotopic (exact) mass is 456 g/mol. The van der Waals surface area contributed by atoms with Crippen LogP contribution in [-0.2, 0) is 18.4 Å². The molecule has 0 unspecified atom stereocenters. The standard InChI is InChI=1S/C18H19F3N6O3S/c1-4-27-15(13-9-26(2)25-16(13)29-3)23-24-17(27)31-10-14(28)22-11-5-7-12(8-6-11)30-18(19,20)21/h5-9H,4,10H2,1-3H3,(H,22,28). The van der Waals surface area contributed by atoms with E-state index in [1.165, 1.54) is 31.0 Å². The largest absolute Gasteiger partial charge is 0.573 e. The first-order valence-electron chi connectivity index (χ1n) is 8.99. The maximum Gasteiger partial charge on any atom is 0.573 e. The van der Waals surface area contributed by atoms with Crippen LogP contribution in [0.2, 0.25) is 0 Å². The van der Waals surface area contributed by atoms with Crippen LogP contribution in [0.4, 0.5) is 18.9 Å². The fourth-order valence-corrected chi connectivity index (χ4v) is 3.52. The second-order valence-corrected chi connectivity index (χ2v) is 7.13. The van der Waals surface area contributed by atoms with Crippen LogP contribution in [0.5, 0.6) is 11.6 Å². The highest BCUT2D eigenvalue weighted by atomic mass is 32.2. The lowest BCUT2D eigenvalue weighted by Crippen LogP contribution is -2.17. The predicted octanol–water partition coefficient (Wildman–Crippen LogP) is 3.34. The number of ether oxygens (including phenoxy) is 2. The second kappa shape index (κ2) is 9.29. The summed E-state index contributed by atoms with van der Waals surface area (Å²) in [4.78, 5) is 12.2. The molecule has 1 amide bonds. The average molecular weight is 456 g/mol. The molecule has 166 valence electrons. The number of aromatic nitrogens is 5. The van der Waals surface area contributed by atoms with Crippen molar-refractivity contribution in [2.24, 2.45) is 7.05 Å². The summed E-state index contributed by atoms with van der Waals surface area (Å²) in [5, 5.41) is 15.7. The third-order valence-electron chi connectivity index (χ3n) is 3.97. The molecule has 0 aliphatic heterocycles. The molecule has 0 saturated carbocycles. The summed E-state index contributed by atoms with van der Waals surface area (Å²) in [7, 11) is 3.28. The van der Waals surface area contributed by atoms with Crippen LogP contribution in [0.3, 0.4) is 0 Å². The van der Waals surface area contributed by atoms with Crippen molar-refractivity contribution < 1.29 is 27.4 Å². The summed E-state index contributed by atoms with van der Waals surface area (Å²) < 4.78 is 49.1. The molecule has 0 bridgehead atoms. The van der Waals surface area contributed by atoms with Gasteiger partial charge in [0.25, 0.3) is 0 Å². The Morgan fingerprint density at radius 3 is 2.55 bits per heavy atom. The van der Waals surface area contributed by atoms with Gasteiger partial charge < -0.3 is 19.4 Å². The molecule has 1 N–H and O–H groups in total. The summed E-state index contributed by atoms with van der Waals surface area (Å²) >= 11 is 1.18. The van der Waals surface area contributed by atoms with E-state index in [1.54, 1.807) is 17.9 Å². The van der Waals surface area contributed by atoms with Crippen molar-refractivity contribution in [3.63, 3.8) is 0 Å². The number of aryl methyl sites for hydroxylation is 1. The van der Waals surface area contributed by atoms with Crippen molar-refractivity contribution in [3.8, 4) is 23.0 Å². The van der Waals surface area contributed by atoms with Crippen LogP contribution in [0.1, 0.15) is 6.92 Å². The van der Waals surface area contributed by atoms with E-state index in [1.807, 2.05) is 11.5 Å². The van der Waals surface area contributed by atoms with Gasteiger partial charge in [-0.15, -0.1) is 28.5 Å². The highest BCUT2D eigenvalue weighted by Crippen LogP contribution is 2.30. The van der Waals surface area contributed by atoms with E-state index >= 15 is 0 Å². The number of carbonyl (C=O) groups is 1. The normalized spacial score (nSPS) is 11.4. The Labute approximate surface area is 179 Å². The molecule has 2 aromatic heterocycles. The number of anilines is 1. The maximum atomic E-state index is 12.2. The van der Waals surface area contributed by atoms with Crippen molar-refractivity contribution in [1.29, 1.82) is 0 Å². The number of hydrogen-bond donors (Lipinski definition) is 1. The van der Waals surface area contributed by atoms with Gasteiger partial charge in [0.05, 0.1) is 12.9 Å². The van der Waals surface area contributed by atoms with Crippen molar-refractivity contribution in [2.75, 3.05) is 18.2 Å². The summed E-state index contributed by atoms with van der Waals surface area (Å²) in [6, 6.07) is 4.89. The zero-order chi connectivity index (χ0) is 22.6. The van der Waals surface area contributed by atoms with Gasteiger partial charge >= 0.3 is 6.36 Å². The number of amides is 1. The first-order chi connectivity index (χ1) is 14.7. The molecule has 0 radical (unpaired) electrons. The van der Waals surface area contributed by atoms with E-state index in [2.05, 4.69) is 25.3 Å². The Bertz CT molecular complexity index is 1050. The topological polar surface area (TPSA) is 96.1 Å². The van der Waals surface area contributed by atoms with Gasteiger partial charge in [0.2, 0.25) is 11.8 Å². The Balaban J connectivity index is 1.63. The van der Waals surface area contributed by atoms with Gasteiger partial charge in [-0.3, -0.25) is 9.48 Å². The predicted molar refractivity (Wildman–Crippen MR) is 107 cm³/mol. The highest BCUT2D eigenvalue weighted by Gasteiger charge is 2.31. The third-order valence-corrected chi connectivity index (χ3v) is 4.93. The van der Waals surface area contributed by atoms with Crippen LogP contribution < -0.4 is 14.8 Å². The van der Waals surface area contributed by atoms with Crippen molar-refractivity contribution in [2.45, 2.75) is 25.0 Å². The molecule has 0 saturated heterocycles. The summed E-state index contributed by atoms with van der Waals surface area (Å²) in [6.45, 7) is 2.48. The fraction of sp³-hybridized carbons (Fsp3) is 0.333. The Morgan fingerprint density at radius 1 is 1.23 bits per heavy atom. The number of nitrogens with one attached hydrogen (secondary N) is 1. The summed E-state index contributed by atoms with van der Waals surface area (Å²) in [6.07, 6.45) is -3.00. The number of alkyl halides is 3. The quantitative estimate of drug-likeness (QED) is 0.520. The van der Waals surface area contributed by atoms with Crippen LogP contribution in [0.15, 0.2) is 35.6 Å². The molecule has 0 aliphatic carbocycles. The van der Waals surface area contributed by atoms with Gasteiger partial charge in [-0.2, -0.15) is 0 Å². The molecular formula is C18H19F3N6O3S. The maximum absolute atomic E-state index is 12.2. The summed E-state index contributed by atoms with van der Waals surface area (Å²) in [5.41, 5.74) is 1.02. The summed E-state index contributed by atoms with van der Waals surface area (Å²) in [5.74, 6) is 0.297.